The first kappa shape index (κ1) is 31.2. The molecule has 11 rings (SSSR count). The van der Waals surface area contributed by atoms with E-state index in [2.05, 4.69) is 126 Å². The zero-order valence-corrected chi connectivity index (χ0v) is 30.1. The minimum Gasteiger partial charge on any atom is -0.457 e. The summed E-state index contributed by atoms with van der Waals surface area (Å²) >= 11 is 0. The molecule has 8 unspecified atom stereocenters. The summed E-state index contributed by atoms with van der Waals surface area (Å²) in [5.41, 5.74) is 11.2. The molecular weight excluding hydrogens is 635 g/mol. The summed E-state index contributed by atoms with van der Waals surface area (Å²) in [6.45, 7) is 0. The lowest BCUT2D eigenvalue weighted by Crippen LogP contribution is -2.59. The number of fused-ring (bicyclic) bond motifs is 10. The van der Waals surface area contributed by atoms with Crippen molar-refractivity contribution < 1.29 is 9.47 Å². The molecule has 3 heterocycles. The Morgan fingerprint density at radius 1 is 0.750 bits per heavy atom. The van der Waals surface area contributed by atoms with Crippen LogP contribution >= 0.6 is 0 Å². The Bertz CT molecular complexity index is 2100. The second kappa shape index (κ2) is 12.4. The highest BCUT2D eigenvalue weighted by Gasteiger charge is 2.61. The summed E-state index contributed by atoms with van der Waals surface area (Å²) in [4.78, 5) is 2.77. The van der Waals surface area contributed by atoms with Crippen molar-refractivity contribution >= 4 is 11.3 Å². The first-order valence-corrected chi connectivity index (χ1v) is 20.4. The van der Waals surface area contributed by atoms with E-state index in [1.807, 2.05) is 0 Å². The van der Waals surface area contributed by atoms with E-state index in [0.717, 1.165) is 37.2 Å². The van der Waals surface area contributed by atoms with Crippen LogP contribution in [0.25, 0.3) is 5.57 Å². The van der Waals surface area contributed by atoms with E-state index in [1.165, 1.54) is 78.5 Å². The second-order valence-corrected chi connectivity index (χ2v) is 16.6. The first-order chi connectivity index (χ1) is 25.8. The maximum Gasteiger partial charge on any atom is 0.132 e. The van der Waals surface area contributed by atoms with Crippen molar-refractivity contribution in [2.24, 2.45) is 23.7 Å². The first-order valence-electron chi connectivity index (χ1n) is 20.4. The van der Waals surface area contributed by atoms with Gasteiger partial charge < -0.3 is 14.4 Å². The molecular formula is C49H49NO2. The van der Waals surface area contributed by atoms with Crippen molar-refractivity contribution in [1.29, 1.82) is 0 Å². The lowest BCUT2D eigenvalue weighted by atomic mass is 9.50. The van der Waals surface area contributed by atoms with E-state index in [9.17, 15) is 0 Å². The van der Waals surface area contributed by atoms with Gasteiger partial charge in [-0.15, -0.1) is 0 Å². The molecule has 1 spiro atoms. The molecule has 3 aromatic carbocycles. The Kier molecular flexibility index (Phi) is 7.43. The molecule has 52 heavy (non-hydrogen) atoms. The Balaban J connectivity index is 1.03. The third-order valence-corrected chi connectivity index (χ3v) is 14.1. The maximum absolute atomic E-state index is 7.38. The quantitative estimate of drug-likeness (QED) is 0.257. The van der Waals surface area contributed by atoms with E-state index < -0.39 is 0 Å². The van der Waals surface area contributed by atoms with Crippen molar-refractivity contribution in [2.75, 3.05) is 4.90 Å². The summed E-state index contributed by atoms with van der Waals surface area (Å²) in [5, 5.41) is 0. The van der Waals surface area contributed by atoms with Crippen molar-refractivity contribution in [1.82, 2.24) is 0 Å². The number of hydrogen-bond acceptors (Lipinski definition) is 3. The van der Waals surface area contributed by atoms with Crippen molar-refractivity contribution in [3.05, 3.63) is 155 Å². The fourth-order valence-corrected chi connectivity index (χ4v) is 12.1. The number of allylic oxidation sites excluding steroid dienone is 7. The smallest absolute Gasteiger partial charge is 0.132 e. The van der Waals surface area contributed by atoms with Crippen LogP contribution in [0.5, 0.6) is 11.5 Å². The van der Waals surface area contributed by atoms with Gasteiger partial charge >= 0.3 is 0 Å². The lowest BCUT2D eigenvalue weighted by molar-refractivity contribution is -0.134. The molecule has 0 radical (unpaired) electrons. The van der Waals surface area contributed by atoms with Gasteiger partial charge in [-0.3, -0.25) is 0 Å². The van der Waals surface area contributed by atoms with Gasteiger partial charge in [0, 0.05) is 45.7 Å². The summed E-state index contributed by atoms with van der Waals surface area (Å²) in [6, 6.07) is 27.8. The number of ether oxygens (including phenoxy) is 2. The lowest BCUT2D eigenvalue weighted by Gasteiger charge is -2.59. The molecule has 262 valence electrons. The second-order valence-electron chi connectivity index (χ2n) is 16.6. The summed E-state index contributed by atoms with van der Waals surface area (Å²) in [6.07, 6.45) is 33.2. The molecule has 1 saturated heterocycles. The van der Waals surface area contributed by atoms with E-state index in [4.69, 9.17) is 9.47 Å². The fraction of sp³-hybridized carbons (Fsp3) is 0.388. The third-order valence-electron chi connectivity index (χ3n) is 14.1. The van der Waals surface area contributed by atoms with Gasteiger partial charge in [-0.2, -0.15) is 0 Å². The van der Waals surface area contributed by atoms with E-state index in [-0.39, 0.29) is 23.5 Å². The number of rotatable bonds is 3. The SMILES string of the molecule is C1=CC(c2ccc3c(c2)Oc2ccccc2C32C3C=CC(C4CC=CC5C6=C(CCCC6)N(c6ccccc6)C54)=CC3OC3CCCCC32)=CCC1. The number of hydrogen-bond donors (Lipinski definition) is 0. The molecule has 8 aliphatic rings. The molecule has 5 aliphatic carbocycles. The van der Waals surface area contributed by atoms with Crippen molar-refractivity contribution in [3.63, 3.8) is 0 Å². The van der Waals surface area contributed by atoms with Gasteiger partial charge in [0.15, 0.2) is 0 Å². The molecule has 8 atom stereocenters. The molecule has 3 aromatic rings. The minimum atomic E-state index is -0.217. The predicted molar refractivity (Wildman–Crippen MR) is 210 cm³/mol. The van der Waals surface area contributed by atoms with Crippen molar-refractivity contribution in [3.8, 4) is 11.5 Å². The van der Waals surface area contributed by atoms with Gasteiger partial charge in [0.2, 0.25) is 0 Å². The van der Waals surface area contributed by atoms with Gasteiger partial charge in [-0.25, -0.2) is 0 Å². The molecule has 0 bridgehead atoms. The Labute approximate surface area is 309 Å². The van der Waals surface area contributed by atoms with E-state index in [0.29, 0.717) is 23.8 Å². The van der Waals surface area contributed by atoms with Crippen LogP contribution in [0.3, 0.4) is 0 Å². The van der Waals surface area contributed by atoms with Crippen LogP contribution in [-0.2, 0) is 10.2 Å². The van der Waals surface area contributed by atoms with Crippen LogP contribution in [-0.4, -0.2) is 18.2 Å². The standard InChI is InChI=1S/C49H49NO2/c1-3-14-32(15-4-1)33-26-28-41-46(30-33)51-44-24-11-8-21-39(44)49(41)40-22-9-12-25-45(40)52-47-31-34(27-29-42(47)49)36-19-13-20-38-37-18-7-10-23-43(37)50(48(36)38)35-16-5-2-6-17-35/h2-3,5-6,8,11,13-17,20-21,24,26-31,36,38,40,42,45,47-48H,1,4,7,9-10,12,18-19,22-23,25H2. The molecule has 3 aliphatic heterocycles. The number of nitrogens with zero attached hydrogens (tertiary/aromatic N) is 1. The van der Waals surface area contributed by atoms with Crippen LogP contribution in [0, 0.1) is 23.7 Å². The van der Waals surface area contributed by atoms with Gasteiger partial charge in [0.25, 0.3) is 0 Å². The fourth-order valence-electron chi connectivity index (χ4n) is 12.1. The van der Waals surface area contributed by atoms with E-state index >= 15 is 0 Å². The van der Waals surface area contributed by atoms with Crippen LogP contribution in [0.2, 0.25) is 0 Å². The average molecular weight is 684 g/mol. The summed E-state index contributed by atoms with van der Waals surface area (Å²) in [5.74, 6) is 3.54. The zero-order chi connectivity index (χ0) is 34.2. The molecule has 3 heteroatoms. The van der Waals surface area contributed by atoms with Gasteiger partial charge in [0.1, 0.15) is 11.5 Å². The number of para-hydroxylation sites is 2. The highest BCUT2D eigenvalue weighted by molar-refractivity contribution is 5.77. The predicted octanol–water partition coefficient (Wildman–Crippen LogP) is 11.8. The molecule has 0 N–H and O–H groups in total. The van der Waals surface area contributed by atoms with Gasteiger partial charge in [-0.1, -0.05) is 110 Å². The average Bonchev–Trinajstić information content (AvgIpc) is 3.56. The normalized spacial score (nSPS) is 33.9. The highest BCUT2D eigenvalue weighted by Crippen LogP contribution is 2.64. The minimum absolute atomic E-state index is 0.0144. The maximum atomic E-state index is 7.38. The topological polar surface area (TPSA) is 21.7 Å². The van der Waals surface area contributed by atoms with Crippen LogP contribution in [0.4, 0.5) is 5.69 Å². The summed E-state index contributed by atoms with van der Waals surface area (Å²) in [7, 11) is 0. The van der Waals surface area contributed by atoms with Crippen LogP contribution in [0.15, 0.2) is 138 Å². The van der Waals surface area contributed by atoms with Crippen LogP contribution in [0.1, 0.15) is 87.3 Å². The number of benzene rings is 3. The number of anilines is 1. The Hall–Kier alpha value is -4.34. The molecule has 0 amide bonds. The van der Waals surface area contributed by atoms with Crippen molar-refractivity contribution in [2.45, 2.75) is 94.3 Å². The largest absolute Gasteiger partial charge is 0.457 e. The van der Waals surface area contributed by atoms with E-state index in [1.54, 1.807) is 11.3 Å². The Morgan fingerprint density at radius 2 is 1.62 bits per heavy atom. The van der Waals surface area contributed by atoms with Gasteiger partial charge in [0.05, 0.1) is 18.2 Å². The highest BCUT2D eigenvalue weighted by atomic mass is 16.5. The molecule has 3 nitrogen and oxygen atoms in total. The van der Waals surface area contributed by atoms with Crippen LogP contribution < -0.4 is 9.64 Å². The summed E-state index contributed by atoms with van der Waals surface area (Å²) < 4.78 is 14.3. The third kappa shape index (κ3) is 4.60. The zero-order valence-electron chi connectivity index (χ0n) is 30.1. The molecule has 0 aromatic heterocycles. The molecule has 1 saturated carbocycles. The molecule has 2 fully saturated rings. The Morgan fingerprint density at radius 3 is 2.54 bits per heavy atom. The monoisotopic (exact) mass is 683 g/mol. The van der Waals surface area contributed by atoms with Gasteiger partial charge in [-0.05, 0) is 110 Å².